The second-order valence-electron chi connectivity index (χ2n) is 11.0. The Morgan fingerprint density at radius 2 is 1.44 bits per heavy atom. The Hall–Kier alpha value is -3.27. The van der Waals surface area contributed by atoms with Crippen molar-refractivity contribution in [3.05, 3.63) is 66.7 Å². The highest BCUT2D eigenvalue weighted by atomic mass is 32.2. The van der Waals surface area contributed by atoms with Gasteiger partial charge in [-0.05, 0) is 74.2 Å². The van der Waals surface area contributed by atoms with E-state index in [2.05, 4.69) is 40.2 Å². The first-order chi connectivity index (χ1) is 20.0. The van der Waals surface area contributed by atoms with Gasteiger partial charge in [0.25, 0.3) is 0 Å². The Morgan fingerprint density at radius 3 is 2.20 bits per heavy atom. The highest BCUT2D eigenvalue weighted by molar-refractivity contribution is 7.89. The van der Waals surface area contributed by atoms with Crippen LogP contribution < -0.4 is 15.4 Å². The van der Waals surface area contributed by atoms with Crippen LogP contribution >= 0.6 is 0 Å². The molecule has 0 unspecified atom stereocenters. The lowest BCUT2D eigenvalue weighted by atomic mass is 9.82. The molecule has 1 aliphatic rings. The summed E-state index contributed by atoms with van der Waals surface area (Å²) in [5.74, 6) is 2.37. The fraction of sp³-hybridized carbons (Fsp3) is 0.438. The molecule has 0 bridgehead atoms. The first-order valence-corrected chi connectivity index (χ1v) is 16.4. The van der Waals surface area contributed by atoms with E-state index in [1.54, 1.807) is 12.1 Å². The van der Waals surface area contributed by atoms with Gasteiger partial charge in [0.2, 0.25) is 16.0 Å². The van der Waals surface area contributed by atoms with Crippen molar-refractivity contribution < 1.29 is 8.42 Å². The molecule has 1 heterocycles. The number of sulfonamides is 1. The smallest absolute Gasteiger partial charge is 0.241 e. The van der Waals surface area contributed by atoms with Crippen LogP contribution in [0.15, 0.2) is 71.6 Å². The zero-order chi connectivity index (χ0) is 28.7. The Kier molecular flexibility index (Phi) is 9.69. The minimum absolute atomic E-state index is 0.342. The number of fused-ring (bicyclic) bond motifs is 2. The molecular formula is C32H42N6O2S. The van der Waals surface area contributed by atoms with E-state index in [9.17, 15) is 8.42 Å². The highest BCUT2D eigenvalue weighted by Crippen LogP contribution is 2.30. The van der Waals surface area contributed by atoms with Gasteiger partial charge >= 0.3 is 0 Å². The van der Waals surface area contributed by atoms with Gasteiger partial charge in [0.15, 0.2) is 0 Å². The van der Waals surface area contributed by atoms with Crippen LogP contribution in [0.2, 0.25) is 0 Å². The van der Waals surface area contributed by atoms with Crippen molar-refractivity contribution in [1.29, 1.82) is 0 Å². The fourth-order valence-corrected chi connectivity index (χ4v) is 7.12. The predicted molar refractivity (Wildman–Crippen MR) is 169 cm³/mol. The highest BCUT2D eigenvalue weighted by Gasteiger charge is 2.24. The zero-order valence-corrected chi connectivity index (χ0v) is 25.0. The molecule has 0 radical (unpaired) electrons. The van der Waals surface area contributed by atoms with Crippen molar-refractivity contribution in [3.8, 4) is 0 Å². The molecular weight excluding hydrogens is 532 g/mol. The van der Waals surface area contributed by atoms with Crippen molar-refractivity contribution in [2.24, 2.45) is 11.8 Å². The van der Waals surface area contributed by atoms with Gasteiger partial charge in [-0.2, -0.15) is 4.98 Å². The van der Waals surface area contributed by atoms with Gasteiger partial charge in [0, 0.05) is 37.0 Å². The van der Waals surface area contributed by atoms with Gasteiger partial charge in [-0.15, -0.1) is 0 Å². The minimum atomic E-state index is -3.57. The zero-order valence-electron chi connectivity index (χ0n) is 24.1. The Morgan fingerprint density at radius 1 is 0.780 bits per heavy atom. The molecule has 41 heavy (non-hydrogen) atoms. The van der Waals surface area contributed by atoms with Crippen LogP contribution in [0.25, 0.3) is 21.7 Å². The van der Waals surface area contributed by atoms with Crippen LogP contribution in [0, 0.1) is 11.8 Å². The van der Waals surface area contributed by atoms with E-state index in [1.165, 1.54) is 0 Å². The van der Waals surface area contributed by atoms with Crippen LogP contribution in [0.3, 0.4) is 0 Å². The van der Waals surface area contributed by atoms with Crippen molar-refractivity contribution in [2.45, 2.75) is 44.4 Å². The normalized spacial score (nSPS) is 17.7. The van der Waals surface area contributed by atoms with E-state index < -0.39 is 10.0 Å². The SMILES string of the molecule is CCN(CC)CCNc1nc(NCC2CCC(CNS(=O)(=O)c3cccc4ccccc34)CC2)nc2ccccc12. The monoisotopic (exact) mass is 574 g/mol. The maximum absolute atomic E-state index is 13.1. The van der Waals surface area contributed by atoms with Crippen molar-refractivity contribution >= 4 is 43.5 Å². The third-order valence-electron chi connectivity index (χ3n) is 8.33. The molecule has 218 valence electrons. The van der Waals surface area contributed by atoms with Gasteiger partial charge in [-0.3, -0.25) is 0 Å². The predicted octanol–water partition coefficient (Wildman–Crippen LogP) is 5.73. The molecule has 4 aromatic rings. The third kappa shape index (κ3) is 7.33. The number of para-hydroxylation sites is 1. The van der Waals surface area contributed by atoms with E-state index in [0.717, 1.165) is 85.9 Å². The number of hydrogen-bond acceptors (Lipinski definition) is 7. The molecule has 5 rings (SSSR count). The van der Waals surface area contributed by atoms with Crippen molar-refractivity contribution in [2.75, 3.05) is 49.9 Å². The number of hydrogen-bond donors (Lipinski definition) is 3. The lowest BCUT2D eigenvalue weighted by Gasteiger charge is -2.28. The summed E-state index contributed by atoms with van der Waals surface area (Å²) in [5.41, 5.74) is 0.928. The third-order valence-corrected chi connectivity index (χ3v) is 9.82. The number of benzene rings is 3. The molecule has 0 atom stereocenters. The summed E-state index contributed by atoms with van der Waals surface area (Å²) >= 11 is 0. The first-order valence-electron chi connectivity index (χ1n) is 14.9. The number of anilines is 2. The minimum Gasteiger partial charge on any atom is -0.368 e. The largest absolute Gasteiger partial charge is 0.368 e. The number of aromatic nitrogens is 2. The number of likely N-dealkylation sites (N-methyl/N-ethyl adjacent to an activating group) is 1. The van der Waals surface area contributed by atoms with E-state index in [0.29, 0.717) is 29.2 Å². The number of nitrogens with zero attached hydrogens (tertiary/aromatic N) is 3. The van der Waals surface area contributed by atoms with E-state index in [1.807, 2.05) is 48.5 Å². The Bertz CT molecular complexity index is 1540. The molecule has 1 aliphatic carbocycles. The van der Waals surface area contributed by atoms with Crippen LogP contribution in [-0.2, 0) is 10.0 Å². The van der Waals surface area contributed by atoms with Crippen LogP contribution in [0.1, 0.15) is 39.5 Å². The second-order valence-corrected chi connectivity index (χ2v) is 12.7. The molecule has 0 saturated heterocycles. The number of rotatable bonds is 13. The maximum atomic E-state index is 13.1. The van der Waals surface area contributed by atoms with Gasteiger partial charge in [-0.25, -0.2) is 18.1 Å². The fourth-order valence-electron chi connectivity index (χ4n) is 5.77. The molecule has 3 N–H and O–H groups in total. The van der Waals surface area contributed by atoms with E-state index in [-0.39, 0.29) is 0 Å². The molecule has 1 saturated carbocycles. The molecule has 0 aliphatic heterocycles. The topological polar surface area (TPSA) is 99.2 Å². The molecule has 3 aromatic carbocycles. The van der Waals surface area contributed by atoms with Crippen LogP contribution in [-0.4, -0.2) is 62.6 Å². The van der Waals surface area contributed by atoms with Gasteiger partial charge in [-0.1, -0.05) is 62.4 Å². The summed E-state index contributed by atoms with van der Waals surface area (Å²) in [4.78, 5) is 12.3. The summed E-state index contributed by atoms with van der Waals surface area (Å²) in [6.45, 7) is 9.52. The summed E-state index contributed by atoms with van der Waals surface area (Å²) in [5, 5.41) is 9.75. The van der Waals surface area contributed by atoms with Gasteiger partial charge < -0.3 is 15.5 Å². The Labute approximate surface area is 244 Å². The van der Waals surface area contributed by atoms with Crippen LogP contribution in [0.5, 0.6) is 0 Å². The summed E-state index contributed by atoms with van der Waals surface area (Å²) in [7, 11) is -3.57. The average Bonchev–Trinajstić information content (AvgIpc) is 3.01. The molecule has 0 spiro atoms. The van der Waals surface area contributed by atoms with E-state index in [4.69, 9.17) is 9.97 Å². The van der Waals surface area contributed by atoms with Gasteiger partial charge in [0.1, 0.15) is 5.82 Å². The summed E-state index contributed by atoms with van der Waals surface area (Å²) < 4.78 is 29.1. The van der Waals surface area contributed by atoms with Gasteiger partial charge in [0.05, 0.1) is 10.4 Å². The first kappa shape index (κ1) is 29.2. The quantitative estimate of drug-likeness (QED) is 0.187. The molecule has 1 aromatic heterocycles. The average molecular weight is 575 g/mol. The second kappa shape index (κ2) is 13.6. The lowest BCUT2D eigenvalue weighted by molar-refractivity contribution is 0.284. The Balaban J connectivity index is 1.13. The van der Waals surface area contributed by atoms with Crippen molar-refractivity contribution in [3.63, 3.8) is 0 Å². The van der Waals surface area contributed by atoms with Crippen molar-refractivity contribution in [1.82, 2.24) is 19.6 Å². The summed E-state index contributed by atoms with van der Waals surface area (Å²) in [6, 6.07) is 21.2. The maximum Gasteiger partial charge on any atom is 0.241 e. The standard InChI is InChI=1S/C32H42N6O2S/c1-3-38(4-2)21-20-33-31-28-13-7-8-14-29(28)36-32(37-31)34-22-24-16-18-25(19-17-24)23-35-41(39,40)30-15-9-11-26-10-5-6-12-27(26)30/h5-15,24-25,35H,3-4,16-23H2,1-2H3,(H2,33,34,36,37). The molecule has 0 amide bonds. The molecule has 1 fully saturated rings. The van der Waals surface area contributed by atoms with Crippen LogP contribution in [0.4, 0.5) is 11.8 Å². The number of nitrogens with one attached hydrogen (secondary N) is 3. The molecule has 9 heteroatoms. The molecule has 8 nitrogen and oxygen atoms in total. The lowest BCUT2D eigenvalue weighted by Crippen LogP contribution is -2.32. The van der Waals surface area contributed by atoms with E-state index >= 15 is 0 Å². The summed E-state index contributed by atoms with van der Waals surface area (Å²) in [6.07, 6.45) is 4.11.